The van der Waals surface area contributed by atoms with Gasteiger partial charge in [-0.25, -0.2) is 0 Å². The minimum Gasteiger partial charge on any atom is -0.472 e. The Kier molecular flexibility index (Phi) is 4.00. The highest BCUT2D eigenvalue weighted by atomic mass is 16.5. The molecule has 1 N–H and O–H groups in total. The first-order valence-electron chi connectivity index (χ1n) is 9.46. The van der Waals surface area contributed by atoms with Crippen molar-refractivity contribution in [2.24, 2.45) is 0 Å². The first kappa shape index (κ1) is 16.8. The van der Waals surface area contributed by atoms with Gasteiger partial charge in [-0.15, -0.1) is 0 Å². The zero-order valence-electron chi connectivity index (χ0n) is 15.4. The lowest BCUT2D eigenvalue weighted by molar-refractivity contribution is 0.163. The lowest BCUT2D eigenvalue weighted by Gasteiger charge is -2.37. The Labute approximate surface area is 164 Å². The van der Waals surface area contributed by atoms with E-state index in [-0.39, 0.29) is 6.61 Å². The van der Waals surface area contributed by atoms with Crippen LogP contribution in [0.2, 0.25) is 0 Å². The van der Waals surface area contributed by atoms with E-state index >= 15 is 0 Å². The van der Waals surface area contributed by atoms with Crippen LogP contribution in [0.25, 0.3) is 16.8 Å². The van der Waals surface area contributed by atoms with Crippen molar-refractivity contribution in [1.29, 1.82) is 0 Å². The number of ether oxygens (including phenoxy) is 1. The highest BCUT2D eigenvalue weighted by Gasteiger charge is 2.37. The molecule has 5 rings (SSSR count). The predicted octanol–water partition coefficient (Wildman–Crippen LogP) is 5.68. The Hall–Kier alpha value is -3.36. The number of hydrogen-bond donors (Lipinski definition) is 1. The summed E-state index contributed by atoms with van der Waals surface area (Å²) in [4.78, 5) is 0. The zero-order valence-corrected chi connectivity index (χ0v) is 15.4. The molecule has 0 spiro atoms. The average Bonchev–Trinajstić information content (AvgIpc) is 2.79. The fraction of sp³-hybridized carbons (Fsp3) is 0.0769. The Balaban J connectivity index is 1.79. The van der Waals surface area contributed by atoms with Gasteiger partial charge in [0.15, 0.2) is 5.60 Å². The van der Waals surface area contributed by atoms with Crippen molar-refractivity contribution >= 4 is 16.8 Å². The summed E-state index contributed by atoms with van der Waals surface area (Å²) in [6.07, 6.45) is 4.24. The fourth-order valence-electron chi connectivity index (χ4n) is 4.07. The van der Waals surface area contributed by atoms with Crippen LogP contribution in [0.3, 0.4) is 0 Å². The molecule has 0 aliphatic carbocycles. The van der Waals surface area contributed by atoms with E-state index in [9.17, 15) is 5.11 Å². The van der Waals surface area contributed by atoms with Gasteiger partial charge in [-0.1, -0.05) is 91.0 Å². The summed E-state index contributed by atoms with van der Waals surface area (Å²) in [6.45, 7) is 0.00411. The number of fused-ring (bicyclic) bond motifs is 3. The molecule has 0 radical (unpaired) electrons. The molecule has 0 bridgehead atoms. The van der Waals surface area contributed by atoms with E-state index in [0.29, 0.717) is 0 Å². The highest BCUT2D eigenvalue weighted by Crippen LogP contribution is 2.45. The molecule has 136 valence electrons. The summed E-state index contributed by atoms with van der Waals surface area (Å²) in [5.41, 5.74) is 3.37. The topological polar surface area (TPSA) is 29.5 Å². The van der Waals surface area contributed by atoms with Crippen LogP contribution >= 0.6 is 0 Å². The van der Waals surface area contributed by atoms with Gasteiger partial charge in [0, 0.05) is 22.1 Å². The molecule has 0 unspecified atom stereocenters. The van der Waals surface area contributed by atoms with Crippen LogP contribution in [-0.4, -0.2) is 5.11 Å². The third-order valence-corrected chi connectivity index (χ3v) is 5.45. The summed E-state index contributed by atoms with van der Waals surface area (Å²) in [5.74, 6) is 0.850. The third kappa shape index (κ3) is 2.54. The zero-order chi connectivity index (χ0) is 19.0. The third-order valence-electron chi connectivity index (χ3n) is 5.45. The first-order valence-corrected chi connectivity index (χ1v) is 9.46. The molecule has 0 saturated heterocycles. The molecular weight excluding hydrogens is 344 g/mol. The van der Waals surface area contributed by atoms with Crippen LogP contribution < -0.4 is 4.74 Å². The van der Waals surface area contributed by atoms with E-state index in [4.69, 9.17) is 4.74 Å². The Morgan fingerprint density at radius 3 is 1.89 bits per heavy atom. The van der Waals surface area contributed by atoms with Crippen molar-refractivity contribution in [3.63, 3.8) is 0 Å². The molecule has 0 aromatic heterocycles. The van der Waals surface area contributed by atoms with E-state index in [2.05, 4.69) is 42.5 Å². The van der Waals surface area contributed by atoms with Crippen LogP contribution in [-0.2, 0) is 12.2 Å². The van der Waals surface area contributed by atoms with Gasteiger partial charge in [-0.3, -0.25) is 0 Å². The molecule has 1 aliphatic heterocycles. The van der Waals surface area contributed by atoms with E-state index in [0.717, 1.165) is 38.8 Å². The number of aliphatic hydroxyl groups is 1. The number of rotatable bonds is 3. The standard InChI is InChI=1S/C26H20O2/c27-18-20-17-19-15-16-26(21-9-3-1-4-10-21,22-11-5-2-6-12-22)28-25(19)24-14-8-7-13-23(20)24/h1-17,27H,18H2. The molecule has 28 heavy (non-hydrogen) atoms. The molecule has 0 atom stereocenters. The predicted molar refractivity (Wildman–Crippen MR) is 113 cm³/mol. The lowest BCUT2D eigenvalue weighted by Crippen LogP contribution is -2.34. The Bertz CT molecular complexity index is 1120. The Morgan fingerprint density at radius 1 is 0.714 bits per heavy atom. The maximum Gasteiger partial charge on any atom is 0.178 e. The van der Waals surface area contributed by atoms with E-state index in [1.54, 1.807) is 0 Å². The smallest absolute Gasteiger partial charge is 0.178 e. The second-order valence-corrected chi connectivity index (χ2v) is 7.06. The monoisotopic (exact) mass is 364 g/mol. The normalized spacial score (nSPS) is 14.5. The summed E-state index contributed by atoms with van der Waals surface area (Å²) < 4.78 is 6.84. The van der Waals surface area contributed by atoms with Gasteiger partial charge in [0.25, 0.3) is 0 Å². The maximum atomic E-state index is 9.83. The molecule has 2 nitrogen and oxygen atoms in total. The molecule has 0 amide bonds. The number of benzene rings is 4. The van der Waals surface area contributed by atoms with Gasteiger partial charge < -0.3 is 9.84 Å². The van der Waals surface area contributed by atoms with Gasteiger partial charge in [-0.2, -0.15) is 0 Å². The first-order chi connectivity index (χ1) is 13.8. The molecule has 4 aromatic rings. The molecule has 4 aromatic carbocycles. The van der Waals surface area contributed by atoms with E-state index < -0.39 is 5.60 Å². The van der Waals surface area contributed by atoms with Crippen molar-refractivity contribution in [3.05, 3.63) is 119 Å². The lowest BCUT2D eigenvalue weighted by atomic mass is 9.83. The average molecular weight is 364 g/mol. The number of aliphatic hydroxyl groups excluding tert-OH is 1. The largest absolute Gasteiger partial charge is 0.472 e. The van der Waals surface area contributed by atoms with Crippen molar-refractivity contribution in [2.75, 3.05) is 0 Å². The van der Waals surface area contributed by atoms with Gasteiger partial charge in [-0.05, 0) is 23.1 Å². The Morgan fingerprint density at radius 2 is 1.29 bits per heavy atom. The summed E-state index contributed by atoms with van der Waals surface area (Å²) >= 11 is 0. The van der Waals surface area contributed by atoms with Crippen LogP contribution in [0.15, 0.2) is 97.1 Å². The fourth-order valence-corrected chi connectivity index (χ4v) is 4.07. The van der Waals surface area contributed by atoms with E-state index in [1.165, 1.54) is 0 Å². The SMILES string of the molecule is OCc1cc2c(c3ccccc13)OC(c1ccccc1)(c1ccccc1)C=C2. The van der Waals surface area contributed by atoms with Gasteiger partial charge >= 0.3 is 0 Å². The van der Waals surface area contributed by atoms with Crippen molar-refractivity contribution in [3.8, 4) is 5.75 Å². The highest BCUT2D eigenvalue weighted by molar-refractivity contribution is 5.95. The van der Waals surface area contributed by atoms with Crippen LogP contribution in [0.5, 0.6) is 5.75 Å². The van der Waals surface area contributed by atoms with Crippen LogP contribution in [0.1, 0.15) is 22.3 Å². The molecule has 1 aliphatic rings. The van der Waals surface area contributed by atoms with Crippen molar-refractivity contribution < 1.29 is 9.84 Å². The van der Waals surface area contributed by atoms with Crippen molar-refractivity contribution in [2.45, 2.75) is 12.2 Å². The van der Waals surface area contributed by atoms with Gasteiger partial charge in [0.2, 0.25) is 0 Å². The summed E-state index contributed by atoms with van der Waals surface area (Å²) in [6, 6.07) is 30.7. The molecule has 1 heterocycles. The quantitative estimate of drug-likeness (QED) is 0.507. The maximum absolute atomic E-state index is 9.83. The molecule has 0 saturated carbocycles. The van der Waals surface area contributed by atoms with Crippen LogP contribution in [0, 0.1) is 0 Å². The molecule has 0 fully saturated rings. The number of hydrogen-bond acceptors (Lipinski definition) is 2. The molecular formula is C26H20O2. The minimum atomic E-state index is -0.695. The summed E-state index contributed by atoms with van der Waals surface area (Å²) in [5, 5.41) is 11.9. The second kappa shape index (κ2) is 6.66. The minimum absolute atomic E-state index is 0.00411. The van der Waals surface area contributed by atoms with Crippen molar-refractivity contribution in [1.82, 2.24) is 0 Å². The second-order valence-electron chi connectivity index (χ2n) is 7.06. The van der Waals surface area contributed by atoms with Gasteiger partial charge in [0.05, 0.1) is 6.61 Å². The van der Waals surface area contributed by atoms with Gasteiger partial charge in [0.1, 0.15) is 5.75 Å². The van der Waals surface area contributed by atoms with E-state index in [1.807, 2.05) is 60.7 Å². The summed E-state index contributed by atoms with van der Waals surface area (Å²) in [7, 11) is 0. The molecule has 2 heteroatoms. The van der Waals surface area contributed by atoms with Crippen LogP contribution in [0.4, 0.5) is 0 Å².